The minimum absolute atomic E-state index is 0.0897. The summed E-state index contributed by atoms with van der Waals surface area (Å²) in [4.78, 5) is 234. The summed E-state index contributed by atoms with van der Waals surface area (Å²) in [6.45, 7) is 1.98. The quantitative estimate of drug-likeness (QED) is 0.0825. The summed E-state index contributed by atoms with van der Waals surface area (Å²) in [7, 11) is 1.40. The molecule has 0 fully saturated rings. The molecular weight excluding hydrogens is 1700 g/mol. The lowest BCUT2D eigenvalue weighted by molar-refractivity contribution is 0.0688. The summed E-state index contributed by atoms with van der Waals surface area (Å²) in [5, 5.41) is 24.6. The predicted octanol–water partition coefficient (Wildman–Crippen LogP) is 15.9. The van der Waals surface area contributed by atoms with Crippen LogP contribution in [-0.4, -0.2) is 132 Å². The average Bonchev–Trinajstić information content (AvgIpc) is 1.68. The molecule has 0 aliphatic carbocycles. The van der Waals surface area contributed by atoms with E-state index in [0.29, 0.717) is 78.9 Å². The molecule has 1 aromatic heterocycles. The smallest absolute Gasteiger partial charge is 0.266 e. The molecule has 0 saturated heterocycles. The van der Waals surface area contributed by atoms with Crippen molar-refractivity contribution in [1.29, 1.82) is 0 Å². The second-order valence-corrected chi connectivity index (χ2v) is 33.1. The number of hydrogen-bond acceptors (Lipinski definition) is 20. The molecule has 0 spiro atoms. The molecule has 16 amide bonds. The number of aromatic hydroxyl groups is 2. The molecule has 29 heteroatoms. The zero-order valence-electron chi connectivity index (χ0n) is 69.6. The Bertz CT molecular complexity index is 8290. The number of anilines is 6. The average molecular weight is 1760 g/mol. The van der Waals surface area contributed by atoms with Crippen molar-refractivity contribution in [2.24, 2.45) is 4.99 Å². The molecule has 0 atom stereocenters. The van der Waals surface area contributed by atoms with Gasteiger partial charge in [-0.1, -0.05) is 91.0 Å². The Morgan fingerprint density at radius 1 is 0.276 bits per heavy atom. The van der Waals surface area contributed by atoms with E-state index in [1.54, 1.807) is 164 Å². The highest BCUT2D eigenvalue weighted by molar-refractivity contribution is 6.40. The lowest BCUT2D eigenvalue weighted by Gasteiger charge is -2.17. The number of hydrogen-bond donors (Lipinski definition) is 4. The van der Waals surface area contributed by atoms with Gasteiger partial charge in [-0.2, -0.15) is 0 Å². The van der Waals surface area contributed by atoms with Crippen LogP contribution in [0.25, 0.3) is 66.9 Å². The number of aliphatic imine (C=N–C) groups is 1. The number of aryl methyl sites for hydroxylation is 1. The lowest BCUT2D eigenvalue weighted by Crippen LogP contribution is -2.30. The van der Waals surface area contributed by atoms with Crippen molar-refractivity contribution in [1.82, 2.24) is 20.2 Å². The number of phenols is 2. The first-order valence-corrected chi connectivity index (χ1v) is 41.8. The number of nitrogens with zero attached hydrogens (tertiary/aromatic N) is 9. The van der Waals surface area contributed by atoms with Gasteiger partial charge in [0.05, 0.1) is 151 Å². The summed E-state index contributed by atoms with van der Waals surface area (Å²) in [5.41, 5.74) is 13.3. The molecule has 640 valence electrons. The third kappa shape index (κ3) is 11.9. The molecule has 14 aromatic carbocycles. The maximum Gasteiger partial charge on any atom is 0.266 e. The first-order valence-electron chi connectivity index (χ1n) is 41.8. The molecule has 0 radical (unpaired) electrons. The van der Waals surface area contributed by atoms with Crippen LogP contribution in [0.1, 0.15) is 182 Å². The molecule has 9 aliphatic heterocycles. The maximum atomic E-state index is 14.0. The number of para-hydroxylation sites is 1. The molecule has 9 aliphatic rings. The Morgan fingerprint density at radius 2 is 0.634 bits per heavy atom. The fourth-order valence-electron chi connectivity index (χ4n) is 18.8. The van der Waals surface area contributed by atoms with Crippen LogP contribution in [0.2, 0.25) is 0 Å². The fraction of sp³-hybridized carbons (Fsp3) is 0.0286. The molecule has 15 aromatic rings. The van der Waals surface area contributed by atoms with Crippen LogP contribution in [0.15, 0.2) is 278 Å². The number of fused-ring (bicyclic) bond motifs is 10. The van der Waals surface area contributed by atoms with Gasteiger partial charge in [-0.15, -0.1) is 0 Å². The molecule has 0 saturated carbocycles. The Labute approximate surface area is 754 Å². The minimum atomic E-state index is -0.644. The SMILES string of the molecule is CN1C(=O)c2cccc(-c3ccc4c(c3)C(=O)N(c3ccc(-c5nc6cc(N7C(=O)c8ccc(-c9ccc%10c(c9)C(=O)N(c9ccccc9)C%10=O)cc8C7=O)ccc6[nH]5)c(O)c3)C4=O)c2C1=O.Cc1ccc2c(c1)N=C(c1ccc(N3C(=O)c4ccc(-c5ccc6c(c5)C(=O)N(c5ccc(N7C(=O)c8cccc(-c9ccc%10c(c9)C(=O)NC%10=O)c8C7=O)cc5)C6=O)cc4C3=O)cc1O)C2. The van der Waals surface area contributed by atoms with Crippen molar-refractivity contribution >= 4 is 151 Å². The van der Waals surface area contributed by atoms with E-state index in [-0.39, 0.29) is 140 Å². The summed E-state index contributed by atoms with van der Waals surface area (Å²) in [5.74, 6) is -9.00. The summed E-state index contributed by atoms with van der Waals surface area (Å²) in [6, 6.07) is 72.3. The number of carbonyl (C=O) groups is 16. The monoisotopic (exact) mass is 1760 g/mol. The number of imide groups is 8. The number of imidazole rings is 1. The van der Waals surface area contributed by atoms with Gasteiger partial charge in [0.15, 0.2) is 0 Å². The standard InChI is InChI=1S/C53H29N5O9.C52H28N6O9/c1-25-5-6-29-23-43(54-42(29)19-25)37-18-14-32(24-44(37)59)58-49(63)36-17-8-27(21-41(36)52(58)66)26-7-16-35-40(20-26)51(65)56(48(35)62)30-10-12-31(13-11-30)57-50(64)38-4-2-3-33(45(38)53(57)67)28-9-15-34-39(22-28)47(61)55-46(34)60;1-55-45(60)36-9-5-8-31(43(36)52(55)67)27-12-17-34-39(22-27)51(66)58(48(34)63)30-13-18-35(42(59)24-30)44-53-40-19-14-29(23-41(40)54-44)57-47(62)33-16-11-26(21-38(33)50(57)65)25-10-15-32-37(20-25)49(64)56(46(32)61)28-6-3-2-4-7-28/h2-22,24,59H,23H2,1H3,(H,55,60,61);2-24,59H,1H3,(H,53,54). The second-order valence-electron chi connectivity index (χ2n) is 33.1. The van der Waals surface area contributed by atoms with Crippen molar-refractivity contribution < 1.29 is 86.9 Å². The number of benzene rings is 14. The summed E-state index contributed by atoms with van der Waals surface area (Å²) in [6.07, 6.45) is 0.532. The van der Waals surface area contributed by atoms with Gasteiger partial charge < -0.3 is 15.2 Å². The predicted molar refractivity (Wildman–Crippen MR) is 488 cm³/mol. The van der Waals surface area contributed by atoms with Crippen LogP contribution >= 0.6 is 0 Å². The fourth-order valence-corrected chi connectivity index (χ4v) is 18.8. The first-order chi connectivity index (χ1) is 64.7. The zero-order chi connectivity index (χ0) is 92.3. The Morgan fingerprint density at radius 3 is 1.12 bits per heavy atom. The van der Waals surface area contributed by atoms with Crippen molar-refractivity contribution in [3.63, 3.8) is 0 Å². The molecule has 0 bridgehead atoms. The van der Waals surface area contributed by atoms with Crippen LogP contribution in [-0.2, 0) is 6.42 Å². The van der Waals surface area contributed by atoms with Gasteiger partial charge in [0.2, 0.25) is 0 Å². The molecular formula is C105H57N11O18. The van der Waals surface area contributed by atoms with E-state index < -0.39 is 94.5 Å². The van der Waals surface area contributed by atoms with Gasteiger partial charge in [-0.25, -0.2) is 34.4 Å². The van der Waals surface area contributed by atoms with E-state index in [9.17, 15) is 86.9 Å². The second kappa shape index (κ2) is 29.2. The number of carbonyl (C=O) groups excluding carboxylic acids is 16. The van der Waals surface area contributed by atoms with Crippen molar-refractivity contribution in [3.8, 4) is 67.4 Å². The largest absolute Gasteiger partial charge is 0.507 e. The molecule has 29 nitrogen and oxygen atoms in total. The lowest BCUT2D eigenvalue weighted by atomic mass is 9.94. The van der Waals surface area contributed by atoms with E-state index >= 15 is 0 Å². The third-order valence-electron chi connectivity index (χ3n) is 25.5. The number of phenolic OH excluding ortho intramolecular Hbond substituents is 2. The van der Waals surface area contributed by atoms with Crippen LogP contribution in [0.3, 0.4) is 0 Å². The molecule has 134 heavy (non-hydrogen) atoms. The van der Waals surface area contributed by atoms with Gasteiger partial charge in [0.1, 0.15) is 17.3 Å². The van der Waals surface area contributed by atoms with Crippen LogP contribution in [0, 0.1) is 6.92 Å². The zero-order valence-corrected chi connectivity index (χ0v) is 69.6. The summed E-state index contributed by atoms with van der Waals surface area (Å²) < 4.78 is 0. The number of aromatic nitrogens is 2. The van der Waals surface area contributed by atoms with E-state index in [0.717, 1.165) is 51.1 Å². The number of aromatic amines is 1. The van der Waals surface area contributed by atoms with E-state index in [1.165, 1.54) is 98.0 Å². The van der Waals surface area contributed by atoms with Crippen molar-refractivity contribution in [3.05, 3.63) is 379 Å². The van der Waals surface area contributed by atoms with E-state index in [4.69, 9.17) is 4.99 Å². The van der Waals surface area contributed by atoms with Crippen LogP contribution in [0.5, 0.6) is 11.5 Å². The van der Waals surface area contributed by atoms with E-state index in [1.807, 2.05) is 25.1 Å². The maximum absolute atomic E-state index is 14.0. The number of amides is 16. The van der Waals surface area contributed by atoms with Gasteiger partial charge in [-0.3, -0.25) is 91.9 Å². The molecule has 10 heterocycles. The minimum Gasteiger partial charge on any atom is -0.507 e. The number of rotatable bonds is 12. The Hall–Kier alpha value is -19.1. The van der Waals surface area contributed by atoms with Gasteiger partial charge >= 0.3 is 0 Å². The van der Waals surface area contributed by atoms with Gasteiger partial charge in [0, 0.05) is 31.2 Å². The summed E-state index contributed by atoms with van der Waals surface area (Å²) >= 11 is 0. The third-order valence-corrected chi connectivity index (χ3v) is 25.5. The normalized spacial score (nSPS) is 15.4. The van der Waals surface area contributed by atoms with Crippen molar-refractivity contribution in [2.45, 2.75) is 13.3 Å². The Kier molecular flexibility index (Phi) is 17.4. The Balaban J connectivity index is 0.000000151. The van der Waals surface area contributed by atoms with Gasteiger partial charge in [-0.05, 0) is 232 Å². The molecule has 0 unspecified atom stereocenters. The first kappa shape index (κ1) is 79.6. The highest BCUT2D eigenvalue weighted by atomic mass is 16.3. The van der Waals surface area contributed by atoms with Gasteiger partial charge in [0.25, 0.3) is 94.5 Å². The van der Waals surface area contributed by atoms with Crippen LogP contribution < -0.4 is 34.7 Å². The van der Waals surface area contributed by atoms with Crippen LogP contribution in [0.4, 0.5) is 39.8 Å². The molecule has 4 N–H and O–H groups in total. The highest BCUT2D eigenvalue weighted by Gasteiger charge is 2.46. The topological polar surface area (TPSA) is 389 Å². The van der Waals surface area contributed by atoms with Crippen molar-refractivity contribution in [2.75, 3.05) is 36.4 Å². The number of nitrogens with one attached hydrogen (secondary N) is 2. The highest BCUT2D eigenvalue weighted by Crippen LogP contribution is 2.46. The van der Waals surface area contributed by atoms with E-state index in [2.05, 4.69) is 15.3 Å². The molecule has 24 rings (SSSR count). The number of H-pyrrole nitrogens is 1.